The molecular weight excluding hydrogens is 600 g/mol. The number of rotatable bonds is 14. The first kappa shape index (κ1) is 35.8. The van der Waals surface area contributed by atoms with Crippen molar-refractivity contribution in [3.63, 3.8) is 0 Å². The molecule has 0 spiro atoms. The lowest BCUT2D eigenvalue weighted by atomic mass is 10.1. The third-order valence-corrected chi connectivity index (χ3v) is 7.18. The Kier molecular flexibility index (Phi) is 13.9. The van der Waals surface area contributed by atoms with Gasteiger partial charge in [-0.2, -0.15) is 0 Å². The first-order valence-corrected chi connectivity index (χ1v) is 15.2. The van der Waals surface area contributed by atoms with Gasteiger partial charge in [-0.25, -0.2) is 0 Å². The quantitative estimate of drug-likeness (QED) is 0.0584. The summed E-state index contributed by atoms with van der Waals surface area (Å²) in [5.41, 5.74) is 3.58. The van der Waals surface area contributed by atoms with Crippen LogP contribution >= 0.6 is 0 Å². The topological polar surface area (TPSA) is 176 Å². The minimum Gasteiger partial charge on any atom is -0.508 e. The summed E-state index contributed by atoms with van der Waals surface area (Å²) >= 11 is 0. The Bertz CT molecular complexity index is 1690. The van der Waals surface area contributed by atoms with Crippen molar-refractivity contribution < 1.29 is 45.3 Å². The molecule has 246 valence electrons. The fourth-order valence-electron chi connectivity index (χ4n) is 4.47. The predicted octanol–water partition coefficient (Wildman–Crippen LogP) is 6.69. The summed E-state index contributed by atoms with van der Waals surface area (Å²) in [6.45, 7) is 0. The number of hydrogen-bond acceptors (Lipinski definition) is 9. The maximum atomic E-state index is 11.8. The number of carbonyl (C=O) groups excluding carboxylic acids is 2. The van der Waals surface area contributed by atoms with E-state index in [1.54, 1.807) is 42.5 Å². The van der Waals surface area contributed by atoms with E-state index >= 15 is 0 Å². The molecule has 7 N–H and O–H groups in total. The van der Waals surface area contributed by atoms with E-state index in [4.69, 9.17) is 0 Å². The van der Waals surface area contributed by atoms with Gasteiger partial charge in [-0.3, -0.25) is 9.59 Å². The smallest absolute Gasteiger partial charge is 0.157 e. The third kappa shape index (κ3) is 13.1. The highest BCUT2D eigenvalue weighted by atomic mass is 16.3. The molecule has 9 heteroatoms. The first-order chi connectivity index (χ1) is 22.5. The molecule has 0 saturated heterocycles. The minimum absolute atomic E-state index is 0.0175. The van der Waals surface area contributed by atoms with Crippen molar-refractivity contribution in [3.05, 3.63) is 125 Å². The van der Waals surface area contributed by atoms with Gasteiger partial charge in [0.15, 0.2) is 46.1 Å². The van der Waals surface area contributed by atoms with Crippen LogP contribution in [-0.4, -0.2) is 47.3 Å². The summed E-state index contributed by atoms with van der Waals surface area (Å²) < 4.78 is 0. The second kappa shape index (κ2) is 18.3. The number of hydrogen-bond donors (Lipinski definition) is 7. The van der Waals surface area contributed by atoms with Crippen molar-refractivity contribution in [2.45, 2.75) is 51.4 Å². The van der Waals surface area contributed by atoms with Crippen LogP contribution in [0.1, 0.15) is 47.9 Å². The number of phenolic OH excluding ortho intramolecular Hbond substituents is 7. The van der Waals surface area contributed by atoms with Crippen molar-refractivity contribution >= 4 is 11.6 Å². The van der Waals surface area contributed by atoms with Crippen LogP contribution in [0.4, 0.5) is 0 Å². The van der Waals surface area contributed by atoms with Crippen LogP contribution in [0.2, 0.25) is 0 Å². The van der Waals surface area contributed by atoms with Gasteiger partial charge in [0.1, 0.15) is 5.75 Å². The molecule has 0 heterocycles. The van der Waals surface area contributed by atoms with Gasteiger partial charge in [0.25, 0.3) is 0 Å². The van der Waals surface area contributed by atoms with E-state index in [9.17, 15) is 45.3 Å². The fourth-order valence-corrected chi connectivity index (χ4v) is 4.47. The van der Waals surface area contributed by atoms with Gasteiger partial charge < -0.3 is 35.7 Å². The molecular formula is C38H40O9. The summed E-state index contributed by atoms with van der Waals surface area (Å²) in [7, 11) is 0. The van der Waals surface area contributed by atoms with E-state index in [1.807, 2.05) is 18.2 Å². The fraction of sp³-hybridized carbons (Fsp3) is 0.211. The molecule has 0 bridgehead atoms. The first-order valence-electron chi connectivity index (χ1n) is 15.2. The maximum absolute atomic E-state index is 11.8. The molecule has 4 aromatic rings. The molecule has 0 unspecified atom stereocenters. The molecule has 9 nitrogen and oxygen atoms in total. The summed E-state index contributed by atoms with van der Waals surface area (Å²) in [6, 6.07) is 20.8. The highest BCUT2D eigenvalue weighted by Crippen LogP contribution is 2.27. The second-order valence-corrected chi connectivity index (χ2v) is 11.0. The minimum atomic E-state index is -0.187. The second-order valence-electron chi connectivity index (χ2n) is 11.0. The standard InChI is InChI=1S/C19H20O5.C19H20O4/c20-15(8-5-14-7-10-17(22)19(24)12-14)4-2-1-3-13-6-9-16(21)18(23)11-13;20-16(11-7-15-8-12-18(22)19(23)13-15)4-2-1-3-14-5-9-17(21)10-6-14/h2,4,6-7,9-12,21-24H,1,3,5,8H2;2,4-6,8-10,12-13,21-23H,1,3,7,11H2/b2*4-2+. The molecule has 0 aliphatic carbocycles. The molecule has 0 aromatic heterocycles. The van der Waals surface area contributed by atoms with Gasteiger partial charge in [0.2, 0.25) is 0 Å². The molecule has 0 radical (unpaired) electrons. The SMILES string of the molecule is O=C(/C=C/CCc1ccc(O)c(O)c1)CCc1ccc(O)c(O)c1.O=C(/C=C/CCc1ccc(O)cc1)CCc1ccc(O)c(O)c1. The Morgan fingerprint density at radius 3 is 1.15 bits per heavy atom. The number of carbonyl (C=O) groups is 2. The Balaban J connectivity index is 0.000000256. The van der Waals surface area contributed by atoms with E-state index in [0.717, 1.165) is 35.1 Å². The summed E-state index contributed by atoms with van der Waals surface area (Å²) in [4.78, 5) is 23.6. The Labute approximate surface area is 273 Å². The average molecular weight is 641 g/mol. The van der Waals surface area contributed by atoms with Gasteiger partial charge in [-0.15, -0.1) is 0 Å². The van der Waals surface area contributed by atoms with Gasteiger partial charge in [-0.05, 0) is 121 Å². The normalized spacial score (nSPS) is 11.0. The largest absolute Gasteiger partial charge is 0.508 e. The summed E-state index contributed by atoms with van der Waals surface area (Å²) in [6.07, 6.45) is 11.3. The number of ketones is 2. The highest BCUT2D eigenvalue weighted by molar-refractivity contribution is 5.90. The molecule has 0 aliphatic heterocycles. The van der Waals surface area contributed by atoms with E-state index in [-0.39, 0.29) is 51.8 Å². The van der Waals surface area contributed by atoms with Crippen LogP contribution in [-0.2, 0) is 35.3 Å². The van der Waals surface area contributed by atoms with E-state index in [1.165, 1.54) is 42.5 Å². The van der Waals surface area contributed by atoms with Crippen molar-refractivity contribution in [2.75, 3.05) is 0 Å². The number of aryl methyl sites for hydroxylation is 4. The molecule has 0 fully saturated rings. The Morgan fingerprint density at radius 1 is 0.426 bits per heavy atom. The van der Waals surface area contributed by atoms with E-state index in [0.29, 0.717) is 38.5 Å². The molecule has 47 heavy (non-hydrogen) atoms. The van der Waals surface area contributed by atoms with Crippen molar-refractivity contribution in [1.82, 2.24) is 0 Å². The number of phenols is 7. The van der Waals surface area contributed by atoms with Gasteiger partial charge in [-0.1, -0.05) is 42.5 Å². The molecule has 0 atom stereocenters. The third-order valence-electron chi connectivity index (χ3n) is 7.18. The monoisotopic (exact) mass is 640 g/mol. The molecule has 4 rings (SSSR count). The van der Waals surface area contributed by atoms with Crippen LogP contribution in [0.3, 0.4) is 0 Å². The van der Waals surface area contributed by atoms with Gasteiger partial charge in [0, 0.05) is 12.8 Å². The predicted molar refractivity (Wildman–Crippen MR) is 179 cm³/mol. The van der Waals surface area contributed by atoms with Crippen molar-refractivity contribution in [2.24, 2.45) is 0 Å². The van der Waals surface area contributed by atoms with Crippen molar-refractivity contribution in [1.29, 1.82) is 0 Å². The van der Waals surface area contributed by atoms with Crippen LogP contribution in [0.5, 0.6) is 40.2 Å². The lowest BCUT2D eigenvalue weighted by Crippen LogP contribution is -1.96. The lowest BCUT2D eigenvalue weighted by Gasteiger charge is -2.02. The zero-order valence-corrected chi connectivity index (χ0v) is 25.9. The molecule has 4 aromatic carbocycles. The van der Waals surface area contributed by atoms with Crippen molar-refractivity contribution in [3.8, 4) is 40.2 Å². The van der Waals surface area contributed by atoms with Gasteiger partial charge >= 0.3 is 0 Å². The number of benzene rings is 4. The van der Waals surface area contributed by atoms with E-state index in [2.05, 4.69) is 0 Å². The number of aromatic hydroxyl groups is 7. The average Bonchev–Trinajstić information content (AvgIpc) is 3.05. The van der Waals surface area contributed by atoms with Crippen LogP contribution in [0, 0.1) is 0 Å². The molecule has 0 aliphatic rings. The molecule has 0 amide bonds. The molecule has 0 saturated carbocycles. The van der Waals surface area contributed by atoms with Crippen LogP contribution in [0.25, 0.3) is 0 Å². The maximum Gasteiger partial charge on any atom is 0.157 e. The Morgan fingerprint density at radius 2 is 0.766 bits per heavy atom. The lowest BCUT2D eigenvalue weighted by molar-refractivity contribution is -0.115. The van der Waals surface area contributed by atoms with Crippen LogP contribution in [0.15, 0.2) is 103 Å². The zero-order valence-electron chi connectivity index (χ0n) is 25.9. The van der Waals surface area contributed by atoms with Gasteiger partial charge in [0.05, 0.1) is 0 Å². The summed E-state index contributed by atoms with van der Waals surface area (Å²) in [5.74, 6) is -0.722. The summed E-state index contributed by atoms with van der Waals surface area (Å²) in [5, 5.41) is 65.1. The number of allylic oxidation sites excluding steroid dienone is 4. The van der Waals surface area contributed by atoms with Crippen LogP contribution < -0.4 is 0 Å². The highest BCUT2D eigenvalue weighted by Gasteiger charge is 2.05. The Hall–Kier alpha value is -5.70. The zero-order chi connectivity index (χ0) is 34.2. The van der Waals surface area contributed by atoms with E-state index < -0.39 is 0 Å².